The molecule has 1 amide bonds. The molecule has 3 heterocycles. The number of hydrogen-bond donors (Lipinski definition) is 1. The molecule has 1 aromatic carbocycles. The number of pyridine rings is 2. The Morgan fingerprint density at radius 2 is 1.79 bits per heavy atom. The fourth-order valence-corrected chi connectivity index (χ4v) is 3.36. The van der Waals surface area contributed by atoms with Gasteiger partial charge in [-0.15, -0.1) is 0 Å². The second-order valence-corrected chi connectivity index (χ2v) is 6.87. The lowest BCUT2D eigenvalue weighted by atomic mass is 10.2. The SMILES string of the molecule is Cc1ccccc1Nc1cncc(C(=O)N2CCN(c3ccccn3)CC2)c1. The molecule has 0 spiro atoms. The quantitative estimate of drug-likeness (QED) is 0.759. The summed E-state index contributed by atoms with van der Waals surface area (Å²) in [6.07, 6.45) is 5.17. The van der Waals surface area contributed by atoms with Gasteiger partial charge in [-0.05, 0) is 36.8 Å². The number of hydrogen-bond acceptors (Lipinski definition) is 5. The Morgan fingerprint density at radius 1 is 1.00 bits per heavy atom. The number of anilines is 3. The zero-order valence-electron chi connectivity index (χ0n) is 15.9. The lowest BCUT2D eigenvalue weighted by molar-refractivity contribution is 0.0746. The van der Waals surface area contributed by atoms with Crippen LogP contribution < -0.4 is 10.2 Å². The minimum Gasteiger partial charge on any atom is -0.354 e. The van der Waals surface area contributed by atoms with Crippen LogP contribution in [0, 0.1) is 6.92 Å². The van der Waals surface area contributed by atoms with Crippen molar-refractivity contribution in [2.45, 2.75) is 6.92 Å². The standard InChI is InChI=1S/C22H23N5O/c1-17-6-2-3-7-20(17)25-19-14-18(15-23-16-19)22(28)27-12-10-26(11-13-27)21-8-4-5-9-24-21/h2-9,14-16,25H,10-13H2,1H3. The summed E-state index contributed by atoms with van der Waals surface area (Å²) in [6.45, 7) is 4.94. The Bertz CT molecular complexity index is 952. The Hall–Kier alpha value is -3.41. The molecule has 6 nitrogen and oxygen atoms in total. The van der Waals surface area contributed by atoms with Crippen molar-refractivity contribution >= 4 is 23.1 Å². The van der Waals surface area contributed by atoms with Gasteiger partial charge in [-0.1, -0.05) is 24.3 Å². The lowest BCUT2D eigenvalue weighted by Gasteiger charge is -2.35. The largest absolute Gasteiger partial charge is 0.354 e. The molecule has 0 aliphatic carbocycles. The zero-order chi connectivity index (χ0) is 19.3. The molecule has 0 saturated carbocycles. The van der Waals surface area contributed by atoms with E-state index in [2.05, 4.69) is 20.2 Å². The van der Waals surface area contributed by atoms with Crippen molar-refractivity contribution in [3.63, 3.8) is 0 Å². The monoisotopic (exact) mass is 373 g/mol. The van der Waals surface area contributed by atoms with Crippen LogP contribution in [-0.2, 0) is 0 Å². The van der Waals surface area contributed by atoms with Crippen LogP contribution in [0.4, 0.5) is 17.2 Å². The second kappa shape index (κ2) is 8.08. The van der Waals surface area contributed by atoms with Crippen molar-refractivity contribution in [2.24, 2.45) is 0 Å². The van der Waals surface area contributed by atoms with Crippen LogP contribution in [-0.4, -0.2) is 47.0 Å². The lowest BCUT2D eigenvalue weighted by Crippen LogP contribution is -2.49. The summed E-state index contributed by atoms with van der Waals surface area (Å²) in [5.74, 6) is 0.974. The minimum atomic E-state index is 0.0154. The third kappa shape index (κ3) is 3.96. The maximum atomic E-state index is 12.9. The minimum absolute atomic E-state index is 0.0154. The highest BCUT2D eigenvalue weighted by Gasteiger charge is 2.23. The first-order valence-corrected chi connectivity index (χ1v) is 9.44. The van der Waals surface area contributed by atoms with Gasteiger partial charge in [0, 0.05) is 44.3 Å². The molecular formula is C22H23N5O. The molecule has 1 fully saturated rings. The second-order valence-electron chi connectivity index (χ2n) is 6.87. The Morgan fingerprint density at radius 3 is 2.54 bits per heavy atom. The summed E-state index contributed by atoms with van der Waals surface area (Å²) in [5, 5.41) is 3.35. The molecule has 1 saturated heterocycles. The number of nitrogens with one attached hydrogen (secondary N) is 1. The zero-order valence-corrected chi connectivity index (χ0v) is 15.9. The molecule has 142 valence electrons. The van der Waals surface area contributed by atoms with Crippen LogP contribution in [0.5, 0.6) is 0 Å². The normalized spacial score (nSPS) is 14.0. The third-order valence-electron chi connectivity index (χ3n) is 4.95. The maximum absolute atomic E-state index is 12.9. The van der Waals surface area contributed by atoms with E-state index in [1.54, 1.807) is 18.6 Å². The first kappa shape index (κ1) is 18.0. The number of carbonyl (C=O) groups is 1. The average Bonchev–Trinajstić information content (AvgIpc) is 2.76. The number of carbonyl (C=O) groups excluding carboxylic acids is 1. The summed E-state index contributed by atoms with van der Waals surface area (Å²) in [4.78, 5) is 25.7. The van der Waals surface area contributed by atoms with Gasteiger partial charge in [0.25, 0.3) is 5.91 Å². The van der Waals surface area contributed by atoms with Gasteiger partial charge in [0.2, 0.25) is 0 Å². The summed E-state index contributed by atoms with van der Waals surface area (Å²) >= 11 is 0. The number of rotatable bonds is 4. The van der Waals surface area contributed by atoms with Crippen molar-refractivity contribution in [1.29, 1.82) is 0 Å². The topological polar surface area (TPSA) is 61.4 Å². The Labute approximate surface area is 164 Å². The van der Waals surface area contributed by atoms with Crippen LogP contribution in [0.3, 0.4) is 0 Å². The molecule has 0 unspecified atom stereocenters. The molecule has 6 heteroatoms. The van der Waals surface area contributed by atoms with Crippen LogP contribution in [0.1, 0.15) is 15.9 Å². The van der Waals surface area contributed by atoms with Crippen LogP contribution in [0.25, 0.3) is 0 Å². The Kier molecular flexibility index (Phi) is 5.19. The van der Waals surface area contributed by atoms with E-state index in [-0.39, 0.29) is 5.91 Å². The van der Waals surface area contributed by atoms with E-state index in [0.29, 0.717) is 18.7 Å². The van der Waals surface area contributed by atoms with E-state index in [1.165, 1.54) is 0 Å². The molecule has 1 aliphatic heterocycles. The molecule has 28 heavy (non-hydrogen) atoms. The number of aryl methyl sites for hydroxylation is 1. The molecule has 2 aromatic heterocycles. The fourth-order valence-electron chi connectivity index (χ4n) is 3.36. The summed E-state index contributed by atoms with van der Waals surface area (Å²) in [5.41, 5.74) is 3.57. The number of amides is 1. The highest BCUT2D eigenvalue weighted by molar-refractivity contribution is 5.95. The van der Waals surface area contributed by atoms with Gasteiger partial charge in [0.15, 0.2) is 0 Å². The molecule has 1 N–H and O–H groups in total. The fraction of sp³-hybridized carbons (Fsp3) is 0.227. The Balaban J connectivity index is 1.42. The highest BCUT2D eigenvalue weighted by atomic mass is 16.2. The van der Waals surface area contributed by atoms with Crippen molar-refractivity contribution in [1.82, 2.24) is 14.9 Å². The third-order valence-corrected chi connectivity index (χ3v) is 4.95. The number of piperazine rings is 1. The molecular weight excluding hydrogens is 350 g/mol. The van der Waals surface area contributed by atoms with Crippen molar-refractivity contribution in [2.75, 3.05) is 36.4 Å². The van der Waals surface area contributed by atoms with E-state index < -0.39 is 0 Å². The van der Waals surface area contributed by atoms with Crippen molar-refractivity contribution in [3.05, 3.63) is 78.2 Å². The van der Waals surface area contributed by atoms with Crippen LogP contribution in [0.15, 0.2) is 67.1 Å². The highest BCUT2D eigenvalue weighted by Crippen LogP contribution is 2.21. The number of aromatic nitrogens is 2. The maximum Gasteiger partial charge on any atom is 0.255 e. The predicted octanol–water partition coefficient (Wildman–Crippen LogP) is 3.49. The van der Waals surface area contributed by atoms with Gasteiger partial charge in [-0.25, -0.2) is 4.98 Å². The summed E-state index contributed by atoms with van der Waals surface area (Å²) in [6, 6.07) is 15.8. The van der Waals surface area contributed by atoms with Crippen molar-refractivity contribution < 1.29 is 4.79 Å². The van der Waals surface area contributed by atoms with Crippen molar-refractivity contribution in [3.8, 4) is 0 Å². The first-order valence-electron chi connectivity index (χ1n) is 9.44. The first-order chi connectivity index (χ1) is 13.7. The van der Waals surface area contributed by atoms with Gasteiger partial charge in [0.05, 0.1) is 17.4 Å². The number of nitrogens with zero attached hydrogens (tertiary/aromatic N) is 4. The van der Waals surface area contributed by atoms with Gasteiger partial charge in [-0.3, -0.25) is 9.78 Å². The van der Waals surface area contributed by atoms with Crippen LogP contribution >= 0.6 is 0 Å². The van der Waals surface area contributed by atoms with E-state index in [1.807, 2.05) is 60.4 Å². The molecule has 3 aromatic rings. The predicted molar refractivity (Wildman–Crippen MR) is 111 cm³/mol. The molecule has 0 radical (unpaired) electrons. The van der Waals surface area contributed by atoms with E-state index in [9.17, 15) is 4.79 Å². The summed E-state index contributed by atoms with van der Waals surface area (Å²) < 4.78 is 0. The van der Waals surface area contributed by atoms with E-state index in [4.69, 9.17) is 0 Å². The summed E-state index contributed by atoms with van der Waals surface area (Å²) in [7, 11) is 0. The van der Waals surface area contributed by atoms with Gasteiger partial charge >= 0.3 is 0 Å². The molecule has 1 aliphatic rings. The van der Waals surface area contributed by atoms with Gasteiger partial charge < -0.3 is 15.1 Å². The van der Waals surface area contributed by atoms with E-state index in [0.717, 1.165) is 35.8 Å². The average molecular weight is 373 g/mol. The molecule has 4 rings (SSSR count). The number of benzene rings is 1. The van der Waals surface area contributed by atoms with Gasteiger partial charge in [0.1, 0.15) is 5.82 Å². The smallest absolute Gasteiger partial charge is 0.255 e. The molecule has 0 atom stereocenters. The van der Waals surface area contributed by atoms with E-state index >= 15 is 0 Å². The molecule has 0 bridgehead atoms. The van der Waals surface area contributed by atoms with Gasteiger partial charge in [-0.2, -0.15) is 0 Å². The number of para-hydroxylation sites is 1. The van der Waals surface area contributed by atoms with Crippen LogP contribution in [0.2, 0.25) is 0 Å².